The summed E-state index contributed by atoms with van der Waals surface area (Å²) in [5.74, 6) is 1.57. The molecule has 0 amide bonds. The minimum Gasteiger partial charge on any atom is -0.508 e. The molecule has 0 aromatic heterocycles. The molecule has 4 rings (SSSR count). The predicted molar refractivity (Wildman–Crippen MR) is 121 cm³/mol. The van der Waals surface area contributed by atoms with E-state index in [0.29, 0.717) is 12.2 Å². The van der Waals surface area contributed by atoms with Gasteiger partial charge in [0.25, 0.3) is 0 Å². The maximum atomic E-state index is 14.1. The summed E-state index contributed by atoms with van der Waals surface area (Å²) in [5, 5.41) is 10.5. The van der Waals surface area contributed by atoms with Gasteiger partial charge in [0.15, 0.2) is 0 Å². The highest BCUT2D eigenvalue weighted by molar-refractivity contribution is 5.73. The van der Waals surface area contributed by atoms with Crippen LogP contribution in [0.15, 0.2) is 60.7 Å². The second-order valence-corrected chi connectivity index (χ2v) is 7.62. The molecule has 0 unspecified atom stereocenters. The molecule has 1 saturated heterocycles. The standard InChI is InChI=1S/C25H27FN2O3/c1-30-20-8-10-25(31-2)21(16-20)18-7-9-24(29)19(15-18)17-27-11-13-28(14-12-27)23-6-4-3-5-22(23)26/h3-10,15-16,29H,11-14,17H2,1-2H3. The van der Waals surface area contributed by atoms with Gasteiger partial charge in [0, 0.05) is 43.9 Å². The molecule has 3 aromatic carbocycles. The van der Waals surface area contributed by atoms with Crippen molar-refractivity contribution in [3.63, 3.8) is 0 Å². The van der Waals surface area contributed by atoms with Crippen LogP contribution in [0.3, 0.4) is 0 Å². The number of benzene rings is 3. The molecule has 0 aliphatic carbocycles. The minimum absolute atomic E-state index is 0.187. The fraction of sp³-hybridized carbons (Fsp3) is 0.280. The number of hydrogen-bond acceptors (Lipinski definition) is 5. The molecule has 0 bridgehead atoms. The molecular formula is C25H27FN2O3. The minimum atomic E-state index is -0.187. The molecule has 1 fully saturated rings. The van der Waals surface area contributed by atoms with E-state index in [9.17, 15) is 9.50 Å². The van der Waals surface area contributed by atoms with Crippen molar-refractivity contribution in [2.75, 3.05) is 45.3 Å². The van der Waals surface area contributed by atoms with Gasteiger partial charge >= 0.3 is 0 Å². The van der Waals surface area contributed by atoms with Crippen molar-refractivity contribution in [3.8, 4) is 28.4 Å². The van der Waals surface area contributed by atoms with Crippen LogP contribution in [0, 0.1) is 5.82 Å². The number of nitrogens with zero attached hydrogens (tertiary/aromatic N) is 2. The summed E-state index contributed by atoms with van der Waals surface area (Å²) >= 11 is 0. The largest absolute Gasteiger partial charge is 0.508 e. The lowest BCUT2D eigenvalue weighted by atomic mass is 10.0. The van der Waals surface area contributed by atoms with E-state index in [1.54, 1.807) is 26.4 Å². The van der Waals surface area contributed by atoms with Gasteiger partial charge in [-0.3, -0.25) is 4.90 Å². The van der Waals surface area contributed by atoms with Gasteiger partial charge in [-0.2, -0.15) is 0 Å². The summed E-state index contributed by atoms with van der Waals surface area (Å²) in [5.41, 5.74) is 3.36. The summed E-state index contributed by atoms with van der Waals surface area (Å²) in [7, 11) is 3.27. The molecule has 31 heavy (non-hydrogen) atoms. The molecule has 1 aliphatic rings. The monoisotopic (exact) mass is 422 g/mol. The molecule has 3 aromatic rings. The molecular weight excluding hydrogens is 395 g/mol. The highest BCUT2D eigenvalue weighted by Crippen LogP contribution is 2.35. The van der Waals surface area contributed by atoms with E-state index in [4.69, 9.17) is 9.47 Å². The Bertz CT molecular complexity index is 1050. The number of phenolic OH excluding ortho intramolecular Hbond substituents is 1. The van der Waals surface area contributed by atoms with Crippen molar-refractivity contribution in [1.29, 1.82) is 0 Å². The van der Waals surface area contributed by atoms with Gasteiger partial charge in [-0.15, -0.1) is 0 Å². The van der Waals surface area contributed by atoms with Crippen LogP contribution < -0.4 is 14.4 Å². The number of para-hydroxylation sites is 1. The fourth-order valence-corrected chi connectivity index (χ4v) is 4.02. The zero-order valence-electron chi connectivity index (χ0n) is 17.8. The van der Waals surface area contributed by atoms with E-state index in [0.717, 1.165) is 54.4 Å². The van der Waals surface area contributed by atoms with Crippen LogP contribution in [-0.2, 0) is 6.54 Å². The summed E-state index contributed by atoms with van der Waals surface area (Å²) in [6.45, 7) is 3.69. The Morgan fingerprint density at radius 1 is 0.903 bits per heavy atom. The summed E-state index contributed by atoms with van der Waals surface area (Å²) in [6, 6.07) is 18.2. The van der Waals surface area contributed by atoms with Crippen LogP contribution in [0.4, 0.5) is 10.1 Å². The maximum absolute atomic E-state index is 14.1. The lowest BCUT2D eigenvalue weighted by Gasteiger charge is -2.36. The quantitative estimate of drug-likeness (QED) is 0.632. The van der Waals surface area contributed by atoms with Crippen molar-refractivity contribution in [3.05, 3.63) is 72.0 Å². The third-order valence-corrected chi connectivity index (χ3v) is 5.76. The predicted octanol–water partition coefficient (Wildman–Crippen LogP) is 4.54. The Hall–Kier alpha value is -3.25. The zero-order chi connectivity index (χ0) is 21.8. The highest BCUT2D eigenvalue weighted by atomic mass is 19.1. The van der Waals surface area contributed by atoms with Gasteiger partial charge in [-0.25, -0.2) is 4.39 Å². The van der Waals surface area contributed by atoms with E-state index in [-0.39, 0.29) is 11.6 Å². The van der Waals surface area contributed by atoms with E-state index in [2.05, 4.69) is 9.80 Å². The van der Waals surface area contributed by atoms with Crippen molar-refractivity contribution < 1.29 is 19.0 Å². The number of methoxy groups -OCH3 is 2. The van der Waals surface area contributed by atoms with E-state index in [1.165, 1.54) is 6.07 Å². The first-order chi connectivity index (χ1) is 15.1. The second-order valence-electron chi connectivity index (χ2n) is 7.62. The molecule has 0 atom stereocenters. The number of hydrogen-bond donors (Lipinski definition) is 1. The summed E-state index contributed by atoms with van der Waals surface area (Å²) in [6.07, 6.45) is 0. The Morgan fingerprint density at radius 3 is 2.39 bits per heavy atom. The lowest BCUT2D eigenvalue weighted by Crippen LogP contribution is -2.46. The fourth-order valence-electron chi connectivity index (χ4n) is 4.02. The Balaban J connectivity index is 1.50. The van der Waals surface area contributed by atoms with Gasteiger partial charge in [0.05, 0.1) is 19.9 Å². The van der Waals surface area contributed by atoms with E-state index in [1.807, 2.05) is 42.5 Å². The first-order valence-electron chi connectivity index (χ1n) is 10.3. The number of anilines is 1. The number of phenols is 1. The maximum Gasteiger partial charge on any atom is 0.146 e. The molecule has 1 N–H and O–H groups in total. The Labute approximate surface area is 182 Å². The van der Waals surface area contributed by atoms with Gasteiger partial charge in [-0.1, -0.05) is 18.2 Å². The Kier molecular flexibility index (Phi) is 6.28. The summed E-state index contributed by atoms with van der Waals surface area (Å²) < 4.78 is 25.0. The third kappa shape index (κ3) is 4.59. The first kappa shape index (κ1) is 21.0. The van der Waals surface area contributed by atoms with Crippen LogP contribution in [0.5, 0.6) is 17.2 Å². The molecule has 0 radical (unpaired) electrons. The summed E-state index contributed by atoms with van der Waals surface area (Å²) in [4.78, 5) is 4.35. The van der Waals surface area contributed by atoms with Gasteiger partial charge in [-0.05, 0) is 48.0 Å². The highest BCUT2D eigenvalue weighted by Gasteiger charge is 2.20. The Morgan fingerprint density at radius 2 is 1.68 bits per heavy atom. The molecule has 1 heterocycles. The molecule has 1 aliphatic heterocycles. The number of halogens is 1. The second kappa shape index (κ2) is 9.27. The van der Waals surface area contributed by atoms with E-state index < -0.39 is 0 Å². The van der Waals surface area contributed by atoms with Crippen LogP contribution >= 0.6 is 0 Å². The van der Waals surface area contributed by atoms with Crippen molar-refractivity contribution in [2.45, 2.75) is 6.54 Å². The van der Waals surface area contributed by atoms with Crippen molar-refractivity contribution >= 4 is 5.69 Å². The third-order valence-electron chi connectivity index (χ3n) is 5.76. The normalized spacial score (nSPS) is 14.5. The molecule has 6 heteroatoms. The van der Waals surface area contributed by atoms with Crippen molar-refractivity contribution in [2.24, 2.45) is 0 Å². The smallest absolute Gasteiger partial charge is 0.146 e. The van der Waals surface area contributed by atoms with Crippen LogP contribution in [0.1, 0.15) is 5.56 Å². The molecule has 162 valence electrons. The SMILES string of the molecule is COc1ccc(OC)c(-c2ccc(O)c(CN3CCN(c4ccccc4F)CC3)c2)c1. The van der Waals surface area contributed by atoms with Crippen LogP contribution in [-0.4, -0.2) is 50.4 Å². The lowest BCUT2D eigenvalue weighted by molar-refractivity contribution is 0.246. The van der Waals surface area contributed by atoms with Crippen LogP contribution in [0.2, 0.25) is 0 Å². The average molecular weight is 423 g/mol. The topological polar surface area (TPSA) is 45.2 Å². The van der Waals surface area contributed by atoms with E-state index >= 15 is 0 Å². The number of ether oxygens (including phenoxy) is 2. The number of rotatable bonds is 6. The molecule has 5 nitrogen and oxygen atoms in total. The first-order valence-corrected chi connectivity index (χ1v) is 10.3. The van der Waals surface area contributed by atoms with Crippen molar-refractivity contribution in [1.82, 2.24) is 4.90 Å². The average Bonchev–Trinajstić information content (AvgIpc) is 2.81. The van der Waals surface area contributed by atoms with Crippen LogP contribution in [0.25, 0.3) is 11.1 Å². The van der Waals surface area contributed by atoms with Gasteiger partial charge in [0.1, 0.15) is 23.1 Å². The number of piperazine rings is 1. The zero-order valence-corrected chi connectivity index (χ0v) is 17.8. The van der Waals surface area contributed by atoms with Gasteiger partial charge in [0.2, 0.25) is 0 Å². The van der Waals surface area contributed by atoms with Gasteiger partial charge < -0.3 is 19.5 Å². The molecule has 0 spiro atoms. The number of aromatic hydroxyl groups is 1. The molecule has 0 saturated carbocycles.